The van der Waals surface area contributed by atoms with Crippen molar-refractivity contribution >= 4 is 11.9 Å². The lowest BCUT2D eigenvalue weighted by Gasteiger charge is -2.28. The third-order valence-corrected chi connectivity index (χ3v) is 4.21. The molecule has 0 unspecified atom stereocenters. The highest BCUT2D eigenvalue weighted by Gasteiger charge is 2.37. The number of hydrogen-bond donors (Lipinski definition) is 2. The molecule has 0 aliphatic heterocycles. The Kier molecular flexibility index (Phi) is 6.67. The molecule has 2 rings (SSSR count). The van der Waals surface area contributed by atoms with E-state index in [4.69, 9.17) is 14.6 Å². The highest BCUT2D eigenvalue weighted by atomic mass is 16.5. The van der Waals surface area contributed by atoms with Crippen LogP contribution in [0.1, 0.15) is 46.0 Å². The molecule has 0 atom stereocenters. The Morgan fingerprint density at radius 3 is 2.44 bits per heavy atom. The van der Waals surface area contributed by atoms with Crippen LogP contribution in [0, 0.1) is 5.92 Å². The maximum absolute atomic E-state index is 12.2. The zero-order valence-corrected chi connectivity index (χ0v) is 14.9. The smallest absolute Gasteiger partial charge is 0.305 e. The Hall–Kier alpha value is -2.24. The van der Waals surface area contributed by atoms with Gasteiger partial charge in [0.15, 0.2) is 6.61 Å². The lowest BCUT2D eigenvalue weighted by Crippen LogP contribution is -2.49. The standard InChI is InChI=1S/C19H27NO5/c1-14(2)12-24-15-6-5-7-16(10-15)25-13-17(21)20-19(11-18(22)23)8-3-4-9-19/h5-7,10,14H,3-4,8-9,11-13H2,1-2H3,(H,20,21)(H,22,23). The molecule has 1 aromatic rings. The molecule has 1 aliphatic rings. The Balaban J connectivity index is 1.86. The molecule has 0 radical (unpaired) electrons. The summed E-state index contributed by atoms with van der Waals surface area (Å²) < 4.78 is 11.2. The van der Waals surface area contributed by atoms with Crippen molar-refractivity contribution < 1.29 is 24.2 Å². The number of hydrogen-bond acceptors (Lipinski definition) is 4. The normalized spacial score (nSPS) is 15.8. The summed E-state index contributed by atoms with van der Waals surface area (Å²) in [6.45, 7) is 4.61. The fourth-order valence-electron chi connectivity index (χ4n) is 3.08. The first-order valence-corrected chi connectivity index (χ1v) is 8.77. The minimum atomic E-state index is -0.891. The summed E-state index contributed by atoms with van der Waals surface area (Å²) in [5, 5.41) is 12.0. The number of rotatable bonds is 9. The van der Waals surface area contributed by atoms with Crippen LogP contribution < -0.4 is 14.8 Å². The third-order valence-electron chi connectivity index (χ3n) is 4.21. The number of benzene rings is 1. The molecule has 1 aliphatic carbocycles. The average Bonchev–Trinajstić information content (AvgIpc) is 2.98. The summed E-state index contributed by atoms with van der Waals surface area (Å²) in [7, 11) is 0. The monoisotopic (exact) mass is 349 g/mol. The molecular formula is C19H27NO5. The van der Waals surface area contributed by atoms with E-state index < -0.39 is 11.5 Å². The number of carboxylic acids is 1. The number of nitrogens with one attached hydrogen (secondary N) is 1. The molecule has 2 N–H and O–H groups in total. The molecule has 0 spiro atoms. The summed E-state index contributed by atoms with van der Waals surface area (Å²) in [5.74, 6) is 0.488. The summed E-state index contributed by atoms with van der Waals surface area (Å²) in [5.41, 5.74) is -0.630. The van der Waals surface area contributed by atoms with Gasteiger partial charge in [-0.3, -0.25) is 9.59 Å². The molecule has 1 aromatic carbocycles. The Morgan fingerprint density at radius 2 is 1.84 bits per heavy atom. The highest BCUT2D eigenvalue weighted by Crippen LogP contribution is 2.32. The van der Waals surface area contributed by atoms with Crippen LogP contribution in [0.25, 0.3) is 0 Å². The van der Waals surface area contributed by atoms with Gasteiger partial charge in [-0.05, 0) is 30.9 Å². The number of carbonyl (C=O) groups excluding carboxylic acids is 1. The van der Waals surface area contributed by atoms with Crippen LogP contribution in [-0.2, 0) is 9.59 Å². The van der Waals surface area contributed by atoms with Gasteiger partial charge in [0.1, 0.15) is 11.5 Å². The van der Waals surface area contributed by atoms with Gasteiger partial charge in [-0.1, -0.05) is 32.8 Å². The van der Waals surface area contributed by atoms with Crippen molar-refractivity contribution in [1.82, 2.24) is 5.32 Å². The zero-order valence-electron chi connectivity index (χ0n) is 14.9. The SMILES string of the molecule is CC(C)COc1cccc(OCC(=O)NC2(CC(=O)O)CCCC2)c1. The summed E-state index contributed by atoms with van der Waals surface area (Å²) in [4.78, 5) is 23.3. The van der Waals surface area contributed by atoms with Gasteiger partial charge in [0.25, 0.3) is 5.91 Å². The molecule has 6 nitrogen and oxygen atoms in total. The summed E-state index contributed by atoms with van der Waals surface area (Å²) in [6.07, 6.45) is 3.22. The third kappa shape index (κ3) is 6.29. The molecule has 1 amide bonds. The van der Waals surface area contributed by atoms with Gasteiger partial charge in [0.2, 0.25) is 0 Å². The van der Waals surface area contributed by atoms with Crippen LogP contribution in [0.2, 0.25) is 0 Å². The molecule has 0 heterocycles. The predicted molar refractivity (Wildman–Crippen MR) is 93.9 cm³/mol. The van der Waals surface area contributed by atoms with E-state index in [-0.39, 0.29) is 18.9 Å². The van der Waals surface area contributed by atoms with Crippen LogP contribution in [0.3, 0.4) is 0 Å². The van der Waals surface area contributed by atoms with Gasteiger partial charge >= 0.3 is 5.97 Å². The minimum Gasteiger partial charge on any atom is -0.493 e. The fourth-order valence-corrected chi connectivity index (χ4v) is 3.08. The van der Waals surface area contributed by atoms with Gasteiger partial charge in [0, 0.05) is 6.07 Å². The maximum Gasteiger partial charge on any atom is 0.305 e. The van der Waals surface area contributed by atoms with E-state index in [2.05, 4.69) is 19.2 Å². The topological polar surface area (TPSA) is 84.9 Å². The van der Waals surface area contributed by atoms with Crippen LogP contribution in [0.5, 0.6) is 11.5 Å². The van der Waals surface area contributed by atoms with Crippen molar-refractivity contribution in [1.29, 1.82) is 0 Å². The number of amides is 1. The van der Waals surface area contributed by atoms with Crippen molar-refractivity contribution in [3.63, 3.8) is 0 Å². The highest BCUT2D eigenvalue weighted by molar-refractivity contribution is 5.79. The molecular weight excluding hydrogens is 322 g/mol. The first-order chi connectivity index (χ1) is 11.9. The van der Waals surface area contributed by atoms with E-state index in [1.165, 1.54) is 0 Å². The van der Waals surface area contributed by atoms with E-state index in [0.29, 0.717) is 36.9 Å². The second kappa shape index (κ2) is 8.74. The molecule has 6 heteroatoms. The molecule has 138 valence electrons. The lowest BCUT2D eigenvalue weighted by molar-refractivity contribution is -0.139. The molecule has 1 saturated carbocycles. The first kappa shape index (κ1) is 19.1. The zero-order chi connectivity index (χ0) is 18.3. The first-order valence-electron chi connectivity index (χ1n) is 8.77. The second-order valence-corrected chi connectivity index (χ2v) is 7.07. The van der Waals surface area contributed by atoms with E-state index in [0.717, 1.165) is 12.8 Å². The summed E-state index contributed by atoms with van der Waals surface area (Å²) >= 11 is 0. The van der Waals surface area contributed by atoms with Crippen LogP contribution in [-0.4, -0.2) is 35.7 Å². The summed E-state index contributed by atoms with van der Waals surface area (Å²) in [6, 6.07) is 7.16. The number of ether oxygens (including phenoxy) is 2. The second-order valence-electron chi connectivity index (χ2n) is 7.07. The molecule has 0 aromatic heterocycles. The minimum absolute atomic E-state index is 0.0444. The number of carbonyl (C=O) groups is 2. The van der Waals surface area contributed by atoms with Crippen molar-refractivity contribution in [2.75, 3.05) is 13.2 Å². The van der Waals surface area contributed by atoms with Gasteiger partial charge in [0.05, 0.1) is 18.6 Å². The largest absolute Gasteiger partial charge is 0.493 e. The maximum atomic E-state index is 12.2. The predicted octanol–water partition coefficient (Wildman–Crippen LogP) is 3.00. The van der Waals surface area contributed by atoms with Crippen LogP contribution >= 0.6 is 0 Å². The van der Waals surface area contributed by atoms with E-state index in [1.54, 1.807) is 12.1 Å². The average molecular weight is 349 g/mol. The van der Waals surface area contributed by atoms with E-state index in [9.17, 15) is 9.59 Å². The molecule has 1 fully saturated rings. The van der Waals surface area contributed by atoms with Crippen molar-refractivity contribution in [3.05, 3.63) is 24.3 Å². The molecule has 25 heavy (non-hydrogen) atoms. The Labute approximate surface area is 148 Å². The fraction of sp³-hybridized carbons (Fsp3) is 0.579. The van der Waals surface area contributed by atoms with E-state index in [1.807, 2.05) is 12.1 Å². The van der Waals surface area contributed by atoms with Crippen molar-refractivity contribution in [2.45, 2.75) is 51.5 Å². The Bertz CT molecular complexity index is 593. The van der Waals surface area contributed by atoms with Gasteiger partial charge < -0.3 is 19.9 Å². The number of carboxylic acid groups (broad SMARTS) is 1. The van der Waals surface area contributed by atoms with Crippen LogP contribution in [0.15, 0.2) is 24.3 Å². The van der Waals surface area contributed by atoms with E-state index >= 15 is 0 Å². The van der Waals surface area contributed by atoms with Gasteiger partial charge in [-0.25, -0.2) is 0 Å². The number of aliphatic carboxylic acids is 1. The lowest BCUT2D eigenvalue weighted by atomic mass is 9.93. The van der Waals surface area contributed by atoms with Crippen molar-refractivity contribution in [2.24, 2.45) is 5.92 Å². The van der Waals surface area contributed by atoms with Gasteiger partial charge in [-0.15, -0.1) is 0 Å². The van der Waals surface area contributed by atoms with Gasteiger partial charge in [-0.2, -0.15) is 0 Å². The van der Waals surface area contributed by atoms with Crippen LogP contribution in [0.4, 0.5) is 0 Å². The Morgan fingerprint density at radius 1 is 1.20 bits per heavy atom. The quantitative estimate of drug-likeness (QED) is 0.716. The molecule has 0 saturated heterocycles. The van der Waals surface area contributed by atoms with Crippen molar-refractivity contribution in [3.8, 4) is 11.5 Å². The molecule has 0 bridgehead atoms.